The van der Waals surface area contributed by atoms with Crippen molar-refractivity contribution in [3.8, 4) is 5.75 Å². The van der Waals surface area contributed by atoms with Crippen molar-refractivity contribution in [1.29, 1.82) is 0 Å². The molecule has 0 aliphatic carbocycles. The first-order valence-electron chi connectivity index (χ1n) is 6.05. The molecule has 7 heteroatoms. The zero-order valence-corrected chi connectivity index (χ0v) is 14.1. The Kier molecular flexibility index (Phi) is 4.15. The number of halogens is 1. The molecule has 0 atom stereocenters. The monoisotopic (exact) mass is 368 g/mol. The lowest BCUT2D eigenvalue weighted by Crippen LogP contribution is -2.52. The highest BCUT2D eigenvalue weighted by Crippen LogP contribution is 2.30. The summed E-state index contributed by atoms with van der Waals surface area (Å²) in [4.78, 5) is 26.9. The SMILES string of the molecule is Cc1cc(C=C2C(=O)N(C)C(=S)N(C)C2=O)cc(Br)c1O. The minimum absolute atomic E-state index is 0.0330. The summed E-state index contributed by atoms with van der Waals surface area (Å²) in [6.07, 6.45) is 1.50. The highest BCUT2D eigenvalue weighted by molar-refractivity contribution is 9.10. The molecule has 0 aromatic heterocycles. The van der Waals surface area contributed by atoms with Gasteiger partial charge in [-0.25, -0.2) is 0 Å². The molecule has 2 rings (SSSR count). The van der Waals surface area contributed by atoms with Gasteiger partial charge < -0.3 is 5.11 Å². The van der Waals surface area contributed by atoms with Gasteiger partial charge in [-0.15, -0.1) is 0 Å². The minimum Gasteiger partial charge on any atom is -0.506 e. The van der Waals surface area contributed by atoms with Crippen molar-refractivity contribution in [3.63, 3.8) is 0 Å². The van der Waals surface area contributed by atoms with Gasteiger partial charge in [0, 0.05) is 14.1 Å². The molecule has 1 N–H and O–H groups in total. The van der Waals surface area contributed by atoms with E-state index in [2.05, 4.69) is 15.9 Å². The van der Waals surface area contributed by atoms with E-state index in [0.717, 1.165) is 0 Å². The Balaban J connectivity index is 2.51. The van der Waals surface area contributed by atoms with E-state index >= 15 is 0 Å². The van der Waals surface area contributed by atoms with Crippen LogP contribution in [0.15, 0.2) is 22.2 Å². The number of nitrogens with zero attached hydrogens (tertiary/aromatic N) is 2. The van der Waals surface area contributed by atoms with E-state index in [0.29, 0.717) is 15.6 Å². The van der Waals surface area contributed by atoms with Crippen molar-refractivity contribution in [1.82, 2.24) is 9.80 Å². The Morgan fingerprint density at radius 3 is 2.19 bits per heavy atom. The number of phenols is 1. The molecule has 1 aromatic rings. The third kappa shape index (κ3) is 2.71. The molecule has 0 spiro atoms. The maximum Gasteiger partial charge on any atom is 0.265 e. The van der Waals surface area contributed by atoms with Crippen molar-refractivity contribution >= 4 is 51.2 Å². The highest BCUT2D eigenvalue weighted by atomic mass is 79.9. The zero-order valence-electron chi connectivity index (χ0n) is 11.7. The summed E-state index contributed by atoms with van der Waals surface area (Å²) in [7, 11) is 3.05. The smallest absolute Gasteiger partial charge is 0.265 e. The average Bonchev–Trinajstić information content (AvgIpc) is 2.45. The lowest BCUT2D eigenvalue weighted by molar-refractivity contribution is -0.132. The average molecular weight is 369 g/mol. The van der Waals surface area contributed by atoms with Crippen LogP contribution in [0, 0.1) is 6.92 Å². The van der Waals surface area contributed by atoms with Crippen LogP contribution in [0.1, 0.15) is 11.1 Å². The third-order valence-electron chi connectivity index (χ3n) is 3.23. The Morgan fingerprint density at radius 1 is 1.19 bits per heavy atom. The van der Waals surface area contributed by atoms with Crippen molar-refractivity contribution in [2.24, 2.45) is 0 Å². The van der Waals surface area contributed by atoms with Gasteiger partial charge in [0.2, 0.25) is 0 Å². The fourth-order valence-corrected chi connectivity index (χ4v) is 2.73. The normalized spacial score (nSPS) is 15.8. The number of carbonyl (C=O) groups is 2. The number of likely N-dealkylation sites (N-methyl/N-ethyl adjacent to an activating group) is 2. The number of amides is 2. The number of carbonyl (C=O) groups excluding carboxylic acids is 2. The van der Waals surface area contributed by atoms with Crippen LogP contribution in [0.4, 0.5) is 0 Å². The van der Waals surface area contributed by atoms with Crippen LogP contribution >= 0.6 is 28.1 Å². The van der Waals surface area contributed by atoms with E-state index in [1.807, 2.05) is 0 Å². The summed E-state index contributed by atoms with van der Waals surface area (Å²) < 4.78 is 0.502. The lowest BCUT2D eigenvalue weighted by Gasteiger charge is -2.31. The predicted octanol–water partition coefficient (Wildman–Crippen LogP) is 2.06. The first-order chi connectivity index (χ1) is 9.73. The Bertz CT molecular complexity index is 650. The van der Waals surface area contributed by atoms with E-state index < -0.39 is 11.8 Å². The van der Waals surface area contributed by atoms with Gasteiger partial charge in [-0.2, -0.15) is 0 Å². The molecule has 2 amide bonds. The Labute approximate surface area is 136 Å². The fourth-order valence-electron chi connectivity index (χ4n) is 1.99. The molecule has 0 unspecified atom stereocenters. The van der Waals surface area contributed by atoms with Crippen LogP contribution in [0.2, 0.25) is 0 Å². The molecule has 0 saturated carbocycles. The van der Waals surface area contributed by atoms with Gasteiger partial charge >= 0.3 is 0 Å². The molecular formula is C14H13BrN2O3S. The fraction of sp³-hybridized carbons (Fsp3) is 0.214. The summed E-state index contributed by atoms with van der Waals surface area (Å²) in [6, 6.07) is 3.34. The molecule has 21 heavy (non-hydrogen) atoms. The molecule has 1 fully saturated rings. The first kappa shape index (κ1) is 15.7. The van der Waals surface area contributed by atoms with E-state index in [1.54, 1.807) is 19.1 Å². The maximum absolute atomic E-state index is 12.2. The van der Waals surface area contributed by atoms with Gasteiger partial charge in [0.25, 0.3) is 11.8 Å². The number of aromatic hydroxyl groups is 1. The van der Waals surface area contributed by atoms with Gasteiger partial charge in [0.05, 0.1) is 4.47 Å². The summed E-state index contributed by atoms with van der Waals surface area (Å²) >= 11 is 8.26. The Morgan fingerprint density at radius 2 is 1.71 bits per heavy atom. The van der Waals surface area contributed by atoms with Gasteiger partial charge in [-0.3, -0.25) is 19.4 Å². The quantitative estimate of drug-likeness (QED) is 0.468. The molecule has 0 bridgehead atoms. The lowest BCUT2D eigenvalue weighted by atomic mass is 10.0. The topological polar surface area (TPSA) is 60.9 Å². The number of aryl methyl sites for hydroxylation is 1. The van der Waals surface area contributed by atoms with Crippen molar-refractivity contribution in [2.75, 3.05) is 14.1 Å². The van der Waals surface area contributed by atoms with Gasteiger partial charge in [0.1, 0.15) is 11.3 Å². The maximum atomic E-state index is 12.2. The largest absolute Gasteiger partial charge is 0.506 e. The summed E-state index contributed by atoms with van der Waals surface area (Å²) in [5.41, 5.74) is 1.32. The molecule has 1 aliphatic heterocycles. The highest BCUT2D eigenvalue weighted by Gasteiger charge is 2.35. The summed E-state index contributed by atoms with van der Waals surface area (Å²) in [5.74, 6) is -0.747. The van der Waals surface area contributed by atoms with Crippen LogP contribution in [-0.4, -0.2) is 45.9 Å². The molecule has 5 nitrogen and oxygen atoms in total. The molecule has 110 valence electrons. The van der Waals surface area contributed by atoms with Gasteiger partial charge in [-0.1, -0.05) is 0 Å². The number of rotatable bonds is 1. The Hall–Kier alpha value is -1.73. The number of thiocarbonyl (C=S) groups is 1. The van der Waals surface area contributed by atoms with Crippen LogP contribution in [0.3, 0.4) is 0 Å². The van der Waals surface area contributed by atoms with Crippen LogP contribution < -0.4 is 0 Å². The second-order valence-electron chi connectivity index (χ2n) is 4.74. The van der Waals surface area contributed by atoms with Crippen molar-refractivity contribution in [2.45, 2.75) is 6.92 Å². The van der Waals surface area contributed by atoms with Crippen molar-refractivity contribution < 1.29 is 14.7 Å². The second kappa shape index (κ2) is 5.57. The van der Waals surface area contributed by atoms with E-state index in [9.17, 15) is 14.7 Å². The van der Waals surface area contributed by atoms with Crippen LogP contribution in [0.5, 0.6) is 5.75 Å². The minimum atomic E-state index is -0.440. The van der Waals surface area contributed by atoms with Crippen LogP contribution in [-0.2, 0) is 9.59 Å². The zero-order chi connectivity index (χ0) is 15.9. The van der Waals surface area contributed by atoms with Crippen LogP contribution in [0.25, 0.3) is 6.08 Å². The number of hydrogen-bond acceptors (Lipinski definition) is 4. The standard InChI is InChI=1S/C14H13BrN2O3S/c1-7-4-8(6-10(15)11(7)18)5-9-12(19)16(2)14(21)17(3)13(9)20/h4-6,18H,1-3H3. The number of phenolic OH excluding ortho intramolecular Hbond substituents is 1. The van der Waals surface area contributed by atoms with E-state index in [4.69, 9.17) is 12.2 Å². The molecule has 1 saturated heterocycles. The van der Waals surface area contributed by atoms with Gasteiger partial charge in [-0.05, 0) is 64.4 Å². The molecule has 1 aliphatic rings. The first-order valence-corrected chi connectivity index (χ1v) is 7.25. The van der Waals surface area contributed by atoms with E-state index in [-0.39, 0.29) is 16.4 Å². The molecule has 1 aromatic carbocycles. The molecule has 0 radical (unpaired) electrons. The summed E-state index contributed by atoms with van der Waals surface area (Å²) in [6.45, 7) is 1.74. The summed E-state index contributed by atoms with van der Waals surface area (Å²) in [5, 5.41) is 9.90. The molecule has 1 heterocycles. The van der Waals surface area contributed by atoms with Gasteiger partial charge in [0.15, 0.2) is 5.11 Å². The van der Waals surface area contributed by atoms with Crippen molar-refractivity contribution in [3.05, 3.63) is 33.3 Å². The number of hydrogen-bond donors (Lipinski definition) is 1. The number of benzene rings is 1. The second-order valence-corrected chi connectivity index (χ2v) is 5.96. The predicted molar refractivity (Wildman–Crippen MR) is 86.7 cm³/mol. The molecular weight excluding hydrogens is 356 g/mol. The third-order valence-corrected chi connectivity index (χ3v) is 4.38. The van der Waals surface area contributed by atoms with E-state index in [1.165, 1.54) is 30.0 Å².